The predicted molar refractivity (Wildman–Crippen MR) is 90.3 cm³/mol. The Labute approximate surface area is 144 Å². The number of ether oxygens (including phenoxy) is 1. The molecular formula is C19H19F2NO3. The van der Waals surface area contributed by atoms with Crippen molar-refractivity contribution in [2.24, 2.45) is 0 Å². The molecule has 1 fully saturated rings. The molecule has 6 heteroatoms. The summed E-state index contributed by atoms with van der Waals surface area (Å²) in [5.74, 6) is -1.30. The van der Waals surface area contributed by atoms with Crippen LogP contribution in [-0.4, -0.2) is 30.0 Å². The summed E-state index contributed by atoms with van der Waals surface area (Å²) < 4.78 is 32.6. The summed E-state index contributed by atoms with van der Waals surface area (Å²) in [6.07, 6.45) is 0.459. The number of cyclic esters (lactones) is 1. The standard InChI is InChI=1S/C19H19F2NO3/c1-19(8-10-23)7-9-22(18(24)25-19)15-4-2-3-13(11-15)16-6-5-14(20)12-17(16)21/h2-6,11-12,23H,7-10H2,1H3/t19-/m0/s1. The van der Waals surface area contributed by atoms with Crippen LogP contribution in [0.15, 0.2) is 42.5 Å². The maximum atomic E-state index is 14.0. The van der Waals surface area contributed by atoms with E-state index in [2.05, 4.69) is 0 Å². The minimum atomic E-state index is -0.678. The molecule has 1 N–H and O–H groups in total. The van der Waals surface area contributed by atoms with Gasteiger partial charge in [0.05, 0.1) is 0 Å². The fourth-order valence-electron chi connectivity index (χ4n) is 2.97. The van der Waals surface area contributed by atoms with Crippen LogP contribution in [0.2, 0.25) is 0 Å². The zero-order chi connectivity index (χ0) is 18.0. The SMILES string of the molecule is C[C@@]1(CCO)CCN(c2cccc(-c3ccc(F)cc3F)c2)C(=O)O1. The molecule has 132 valence electrons. The van der Waals surface area contributed by atoms with Crippen LogP contribution in [0.4, 0.5) is 19.3 Å². The Bertz CT molecular complexity index is 796. The van der Waals surface area contributed by atoms with Gasteiger partial charge in [0.2, 0.25) is 0 Å². The molecule has 4 nitrogen and oxygen atoms in total. The van der Waals surface area contributed by atoms with Crippen LogP contribution in [0, 0.1) is 11.6 Å². The van der Waals surface area contributed by atoms with E-state index < -0.39 is 23.3 Å². The minimum Gasteiger partial charge on any atom is -0.443 e. The molecule has 0 spiro atoms. The first-order valence-electron chi connectivity index (χ1n) is 8.09. The van der Waals surface area contributed by atoms with Gasteiger partial charge >= 0.3 is 6.09 Å². The maximum Gasteiger partial charge on any atom is 0.414 e. The Morgan fingerprint density at radius 2 is 2.04 bits per heavy atom. The summed E-state index contributed by atoms with van der Waals surface area (Å²) in [5.41, 5.74) is 0.714. The molecule has 0 saturated carbocycles. The molecule has 0 aliphatic carbocycles. The van der Waals surface area contributed by atoms with Crippen molar-refractivity contribution < 1.29 is 23.4 Å². The number of amides is 1. The maximum absolute atomic E-state index is 14.0. The largest absolute Gasteiger partial charge is 0.443 e. The number of carbonyl (C=O) groups excluding carboxylic acids is 1. The highest BCUT2D eigenvalue weighted by molar-refractivity contribution is 5.89. The third-order valence-electron chi connectivity index (χ3n) is 4.46. The quantitative estimate of drug-likeness (QED) is 0.905. The van der Waals surface area contributed by atoms with Crippen molar-refractivity contribution in [3.05, 3.63) is 54.1 Å². The number of hydrogen-bond donors (Lipinski definition) is 1. The summed E-state index contributed by atoms with van der Waals surface area (Å²) in [6.45, 7) is 2.18. The average Bonchev–Trinajstić information content (AvgIpc) is 2.55. The van der Waals surface area contributed by atoms with Gasteiger partial charge in [0.25, 0.3) is 0 Å². The van der Waals surface area contributed by atoms with Gasteiger partial charge in [-0.1, -0.05) is 12.1 Å². The molecule has 1 saturated heterocycles. The number of nitrogens with zero attached hydrogens (tertiary/aromatic N) is 1. The monoisotopic (exact) mass is 347 g/mol. The van der Waals surface area contributed by atoms with Gasteiger partial charge in [0.15, 0.2) is 0 Å². The number of anilines is 1. The second kappa shape index (κ2) is 6.80. The molecule has 2 aromatic rings. The van der Waals surface area contributed by atoms with E-state index in [1.165, 1.54) is 17.0 Å². The van der Waals surface area contributed by atoms with Crippen LogP contribution in [0.3, 0.4) is 0 Å². The first-order valence-corrected chi connectivity index (χ1v) is 8.09. The third kappa shape index (κ3) is 3.64. The summed E-state index contributed by atoms with van der Waals surface area (Å²) in [6, 6.07) is 10.2. The lowest BCUT2D eigenvalue weighted by atomic mass is 9.96. The fourth-order valence-corrected chi connectivity index (χ4v) is 2.97. The van der Waals surface area contributed by atoms with Crippen LogP contribution in [0.5, 0.6) is 0 Å². The lowest BCUT2D eigenvalue weighted by molar-refractivity contribution is -0.00717. The van der Waals surface area contributed by atoms with Crippen LogP contribution in [0.25, 0.3) is 11.1 Å². The summed E-state index contributed by atoms with van der Waals surface area (Å²) in [7, 11) is 0. The first kappa shape index (κ1) is 17.4. The van der Waals surface area contributed by atoms with Gasteiger partial charge in [-0.05, 0) is 36.8 Å². The third-order valence-corrected chi connectivity index (χ3v) is 4.46. The molecule has 1 aliphatic heterocycles. The van der Waals surface area contributed by atoms with Gasteiger partial charge < -0.3 is 9.84 Å². The normalized spacial score (nSPS) is 20.5. The molecule has 1 atom stereocenters. The van der Waals surface area contributed by atoms with E-state index in [4.69, 9.17) is 9.84 Å². The second-order valence-electron chi connectivity index (χ2n) is 6.37. The zero-order valence-electron chi connectivity index (χ0n) is 13.8. The van der Waals surface area contributed by atoms with E-state index in [-0.39, 0.29) is 12.2 Å². The number of rotatable bonds is 4. The Kier molecular flexibility index (Phi) is 4.72. The van der Waals surface area contributed by atoms with Crippen molar-refractivity contribution >= 4 is 11.8 Å². The summed E-state index contributed by atoms with van der Waals surface area (Å²) >= 11 is 0. The molecule has 1 heterocycles. The Hall–Kier alpha value is -2.47. The fraction of sp³-hybridized carbons (Fsp3) is 0.316. The van der Waals surface area contributed by atoms with Crippen molar-refractivity contribution in [3.8, 4) is 11.1 Å². The van der Waals surface area contributed by atoms with Crippen LogP contribution in [-0.2, 0) is 4.74 Å². The molecule has 2 aromatic carbocycles. The number of halogens is 2. The molecule has 0 unspecified atom stereocenters. The molecule has 1 amide bonds. The van der Waals surface area contributed by atoms with Crippen molar-refractivity contribution in [1.29, 1.82) is 0 Å². The molecule has 0 radical (unpaired) electrons. The van der Waals surface area contributed by atoms with Crippen LogP contribution < -0.4 is 4.90 Å². The van der Waals surface area contributed by atoms with Gasteiger partial charge in [-0.2, -0.15) is 0 Å². The second-order valence-corrected chi connectivity index (χ2v) is 6.37. The van der Waals surface area contributed by atoms with Gasteiger partial charge in [-0.3, -0.25) is 4.90 Å². The number of aliphatic hydroxyl groups is 1. The van der Waals surface area contributed by atoms with E-state index in [9.17, 15) is 13.6 Å². The topological polar surface area (TPSA) is 49.8 Å². The van der Waals surface area contributed by atoms with E-state index in [0.29, 0.717) is 30.6 Å². The number of benzene rings is 2. The van der Waals surface area contributed by atoms with E-state index in [0.717, 1.165) is 6.07 Å². The molecule has 0 aromatic heterocycles. The first-order chi connectivity index (χ1) is 11.9. The summed E-state index contributed by atoms with van der Waals surface area (Å²) in [5, 5.41) is 9.09. The lowest BCUT2D eigenvalue weighted by Crippen LogP contribution is -2.48. The van der Waals surface area contributed by atoms with Crippen molar-refractivity contribution in [2.75, 3.05) is 18.1 Å². The van der Waals surface area contributed by atoms with Crippen LogP contribution >= 0.6 is 0 Å². The minimum absolute atomic E-state index is 0.0525. The molecule has 1 aliphatic rings. The Balaban J connectivity index is 1.86. The number of carbonyl (C=O) groups is 1. The summed E-state index contributed by atoms with van der Waals surface area (Å²) in [4.78, 5) is 13.8. The number of aliphatic hydroxyl groups excluding tert-OH is 1. The van der Waals surface area contributed by atoms with Crippen LogP contribution in [0.1, 0.15) is 19.8 Å². The zero-order valence-corrected chi connectivity index (χ0v) is 13.8. The average molecular weight is 347 g/mol. The lowest BCUT2D eigenvalue weighted by Gasteiger charge is -2.38. The van der Waals surface area contributed by atoms with Gasteiger partial charge in [0, 0.05) is 43.3 Å². The van der Waals surface area contributed by atoms with E-state index >= 15 is 0 Å². The predicted octanol–water partition coefficient (Wildman–Crippen LogP) is 4.12. The number of hydrogen-bond acceptors (Lipinski definition) is 3. The van der Waals surface area contributed by atoms with E-state index in [1.54, 1.807) is 31.2 Å². The molecule has 3 rings (SSSR count). The highest BCUT2D eigenvalue weighted by atomic mass is 19.1. The van der Waals surface area contributed by atoms with E-state index in [1.807, 2.05) is 0 Å². The molecule has 25 heavy (non-hydrogen) atoms. The Morgan fingerprint density at radius 3 is 2.72 bits per heavy atom. The Morgan fingerprint density at radius 1 is 1.24 bits per heavy atom. The molecule has 0 bridgehead atoms. The van der Waals surface area contributed by atoms with Gasteiger partial charge in [-0.15, -0.1) is 0 Å². The highest BCUT2D eigenvalue weighted by Gasteiger charge is 2.36. The smallest absolute Gasteiger partial charge is 0.414 e. The highest BCUT2D eigenvalue weighted by Crippen LogP contribution is 2.32. The van der Waals surface area contributed by atoms with Gasteiger partial charge in [-0.25, -0.2) is 13.6 Å². The van der Waals surface area contributed by atoms with Crippen molar-refractivity contribution in [3.63, 3.8) is 0 Å². The van der Waals surface area contributed by atoms with Crippen molar-refractivity contribution in [1.82, 2.24) is 0 Å². The van der Waals surface area contributed by atoms with Crippen molar-refractivity contribution in [2.45, 2.75) is 25.4 Å². The molecular weight excluding hydrogens is 328 g/mol. The van der Waals surface area contributed by atoms with Gasteiger partial charge in [0.1, 0.15) is 17.2 Å².